The third-order valence-electron chi connectivity index (χ3n) is 15.6. The molecule has 0 radical (unpaired) electrons. The molecule has 2 aliphatic heterocycles. The van der Waals surface area contributed by atoms with Crippen molar-refractivity contribution in [1.29, 1.82) is 0 Å². The highest BCUT2D eigenvalue weighted by Gasteiger charge is 2.74. The van der Waals surface area contributed by atoms with Crippen molar-refractivity contribution in [3.8, 4) is 0 Å². The number of carbonyl (C=O) groups is 1. The lowest BCUT2D eigenvalue weighted by molar-refractivity contribution is -0.497. The van der Waals surface area contributed by atoms with Gasteiger partial charge in [0.15, 0.2) is 0 Å². The van der Waals surface area contributed by atoms with Crippen molar-refractivity contribution in [1.82, 2.24) is 0 Å². The topological polar surface area (TPSA) is 44.8 Å². The number of benzene rings is 3. The summed E-state index contributed by atoms with van der Waals surface area (Å²) in [6.07, 6.45) is 18.0. The van der Waals surface area contributed by atoms with Gasteiger partial charge in [-0.2, -0.15) is 0 Å². The van der Waals surface area contributed by atoms with Crippen LogP contribution in [0.2, 0.25) is 0 Å². The van der Waals surface area contributed by atoms with Crippen LogP contribution in [0.4, 0.5) is 0 Å². The van der Waals surface area contributed by atoms with E-state index in [2.05, 4.69) is 157 Å². The number of hydrogen-bond donors (Lipinski definition) is 0. The smallest absolute Gasteiger partial charge is 0.309 e. The molecule has 9 rings (SSSR count). The average Bonchev–Trinajstić information content (AvgIpc) is 3.56. The predicted octanol–water partition coefficient (Wildman–Crippen LogP) is 10.4. The van der Waals surface area contributed by atoms with Gasteiger partial charge in [-0.1, -0.05) is 114 Å². The maximum absolute atomic E-state index is 14.0. The van der Waals surface area contributed by atoms with Crippen molar-refractivity contribution in [3.63, 3.8) is 0 Å². The highest BCUT2D eigenvalue weighted by atomic mass is 31.2. The second-order valence-electron chi connectivity index (χ2n) is 18.5. The minimum Gasteiger partial charge on any atom is -0.462 e. The van der Waals surface area contributed by atoms with E-state index in [4.69, 9.17) is 14.5 Å². The Labute approximate surface area is 325 Å². The summed E-state index contributed by atoms with van der Waals surface area (Å²) in [5, 5.41) is 3.86. The Morgan fingerprint density at radius 1 is 0.759 bits per heavy atom. The van der Waals surface area contributed by atoms with Crippen LogP contribution >= 0.6 is 7.26 Å². The maximum atomic E-state index is 14.0. The van der Waals surface area contributed by atoms with Gasteiger partial charge in [-0.25, -0.2) is 9.78 Å². The van der Waals surface area contributed by atoms with Crippen molar-refractivity contribution in [2.24, 2.45) is 46.3 Å². The fourth-order valence-electron chi connectivity index (χ4n) is 12.2. The Balaban J connectivity index is 0.996. The lowest BCUT2D eigenvalue weighted by Gasteiger charge is -2.69. The molecule has 1 saturated heterocycles. The second-order valence-corrected chi connectivity index (χ2v) is 22.1. The summed E-state index contributed by atoms with van der Waals surface area (Å²) in [7, 11) is -2.12. The molecule has 0 aromatic heterocycles. The van der Waals surface area contributed by atoms with Crippen LogP contribution in [0, 0.1) is 46.3 Å². The molecule has 2 bridgehead atoms. The largest absolute Gasteiger partial charge is 0.462 e. The molecule has 4 aliphatic carbocycles. The maximum Gasteiger partial charge on any atom is 0.309 e. The van der Waals surface area contributed by atoms with E-state index in [0.717, 1.165) is 25.4 Å². The van der Waals surface area contributed by atoms with Gasteiger partial charge < -0.3 is 4.74 Å². The van der Waals surface area contributed by atoms with Crippen LogP contribution in [0.5, 0.6) is 0 Å². The van der Waals surface area contributed by atoms with E-state index in [1.54, 1.807) is 0 Å². The molecule has 2 spiro atoms. The highest BCUT2D eigenvalue weighted by Crippen LogP contribution is 2.73. The third kappa shape index (κ3) is 6.00. The molecule has 0 N–H and O–H groups in total. The summed E-state index contributed by atoms with van der Waals surface area (Å²) in [6, 6.07) is 32.4. The molecule has 54 heavy (non-hydrogen) atoms. The van der Waals surface area contributed by atoms with Gasteiger partial charge in [0, 0.05) is 23.7 Å². The van der Waals surface area contributed by atoms with Crippen LogP contribution in [-0.4, -0.2) is 29.4 Å². The van der Waals surface area contributed by atoms with Crippen LogP contribution < -0.4 is 15.9 Å². The second kappa shape index (κ2) is 14.5. The van der Waals surface area contributed by atoms with Gasteiger partial charge in [0.05, 0.1) is 12.6 Å². The van der Waals surface area contributed by atoms with Gasteiger partial charge in [-0.3, -0.25) is 4.79 Å². The Kier molecular flexibility index (Phi) is 10.1. The Morgan fingerprint density at radius 2 is 1.37 bits per heavy atom. The van der Waals surface area contributed by atoms with Gasteiger partial charge >= 0.3 is 5.97 Å². The number of allylic oxidation sites excluding steroid dienone is 2. The van der Waals surface area contributed by atoms with Crippen molar-refractivity contribution in [2.45, 2.75) is 110 Å². The van der Waals surface area contributed by atoms with Crippen LogP contribution in [0.3, 0.4) is 0 Å². The number of fused-ring (bicyclic) bond motifs is 2. The zero-order valence-corrected chi connectivity index (χ0v) is 34.3. The molecular formula is C49H62O4P+. The minimum atomic E-state index is -2.12. The number of hydrogen-bond acceptors (Lipinski definition) is 4. The molecule has 4 fully saturated rings. The first-order valence-corrected chi connectivity index (χ1v) is 22.9. The SMILES string of the molecule is CC(C)[C@@H](C)/C=C/[C@@H](C)[C@H]1CC[C@@H]2[C@]1(C)CC[C@H]1[C@]23C=C[C@]2(C[C@@H](OC(=O)CC[P+](c4ccccc4)(c4ccccc4)c4ccccc4)CC[C@]12C)OO3. The molecule has 5 heteroatoms. The molecule has 286 valence electrons. The standard InChI is InChI=1S/C49H62O4P/c1-35(2)36(3)22-23-37(4)42-24-25-43-46(42,5)29-27-44-47(6)30-26-38(34-48(47)31-32-49(43,44)53-52-48)51-45(50)28-33-54(39-16-10-7-11-17-39,40-18-12-8-13-19-40)41-20-14-9-15-21-41/h7-23,31-32,35-38,42-44H,24-30,33-34H2,1-6H3/q+1/b23-22+/t36-,37+,38-,42+,43+,44+,46+,47+,48+,49-/m0/s1. The van der Waals surface area contributed by atoms with Crippen molar-refractivity contribution >= 4 is 29.1 Å². The first kappa shape index (κ1) is 37.9. The Morgan fingerprint density at radius 3 is 1.93 bits per heavy atom. The highest BCUT2D eigenvalue weighted by molar-refractivity contribution is 7.95. The van der Waals surface area contributed by atoms with Gasteiger partial charge in [0.1, 0.15) is 40.5 Å². The molecule has 3 aromatic carbocycles. The minimum absolute atomic E-state index is 0.0604. The van der Waals surface area contributed by atoms with E-state index in [1.165, 1.54) is 35.2 Å². The van der Waals surface area contributed by atoms with Gasteiger partial charge in [0.2, 0.25) is 0 Å². The van der Waals surface area contributed by atoms with Crippen LogP contribution in [0.15, 0.2) is 115 Å². The third-order valence-corrected chi connectivity index (χ3v) is 20.0. The molecule has 10 atom stereocenters. The zero-order chi connectivity index (χ0) is 37.8. The molecule has 3 saturated carbocycles. The van der Waals surface area contributed by atoms with Gasteiger partial charge in [-0.05, 0) is 110 Å². The lowest BCUT2D eigenvalue weighted by Crippen LogP contribution is -2.73. The summed E-state index contributed by atoms with van der Waals surface area (Å²) < 4.78 is 6.45. The molecule has 0 unspecified atom stereocenters. The van der Waals surface area contributed by atoms with Crippen molar-refractivity contribution < 1.29 is 19.3 Å². The Bertz CT molecular complexity index is 1740. The first-order valence-electron chi connectivity index (χ1n) is 21.0. The van der Waals surface area contributed by atoms with Crippen molar-refractivity contribution in [3.05, 3.63) is 115 Å². The summed E-state index contributed by atoms with van der Waals surface area (Å²) in [6.45, 7) is 14.4. The fourth-order valence-corrected chi connectivity index (χ4v) is 16.4. The molecule has 4 nitrogen and oxygen atoms in total. The molecule has 0 amide bonds. The monoisotopic (exact) mass is 745 g/mol. The van der Waals surface area contributed by atoms with E-state index in [9.17, 15) is 4.79 Å². The zero-order valence-electron chi connectivity index (χ0n) is 33.5. The molecule has 6 aliphatic rings. The van der Waals surface area contributed by atoms with E-state index in [0.29, 0.717) is 48.3 Å². The number of carbonyl (C=O) groups excluding carboxylic acids is 1. The summed E-state index contributed by atoms with van der Waals surface area (Å²) in [4.78, 5) is 27.5. The van der Waals surface area contributed by atoms with Gasteiger partial charge in [-0.15, -0.1) is 0 Å². The van der Waals surface area contributed by atoms with Crippen LogP contribution in [0.25, 0.3) is 0 Å². The summed E-state index contributed by atoms with van der Waals surface area (Å²) in [5.41, 5.74) is -0.802. The van der Waals surface area contributed by atoms with Crippen LogP contribution in [-0.2, 0) is 19.3 Å². The van der Waals surface area contributed by atoms with E-state index < -0.39 is 12.9 Å². The Hall–Kier alpha value is -3.04. The normalized spacial score (nSPS) is 35.3. The molecule has 2 heterocycles. The number of ether oxygens (including phenoxy) is 1. The van der Waals surface area contributed by atoms with E-state index in [1.807, 2.05) is 0 Å². The lowest BCUT2D eigenvalue weighted by atomic mass is 9.42. The first-order chi connectivity index (χ1) is 26.0. The summed E-state index contributed by atoms with van der Waals surface area (Å²) in [5.74, 6) is 3.18. The average molecular weight is 746 g/mol. The quantitative estimate of drug-likeness (QED) is 0.0849. The predicted molar refractivity (Wildman–Crippen MR) is 223 cm³/mol. The van der Waals surface area contributed by atoms with Crippen LogP contribution in [0.1, 0.15) is 92.9 Å². The van der Waals surface area contributed by atoms with Crippen molar-refractivity contribution in [2.75, 3.05) is 6.16 Å². The summed E-state index contributed by atoms with van der Waals surface area (Å²) >= 11 is 0. The van der Waals surface area contributed by atoms with Gasteiger partial charge in [0.25, 0.3) is 0 Å². The number of rotatable bonds is 11. The number of esters is 1. The molecule has 3 aromatic rings. The molecular weight excluding hydrogens is 684 g/mol. The van der Waals surface area contributed by atoms with E-state index >= 15 is 0 Å². The fraction of sp³-hybridized carbons (Fsp3) is 0.531. The van der Waals surface area contributed by atoms with E-state index in [-0.39, 0.29) is 28.5 Å².